The van der Waals surface area contributed by atoms with Crippen molar-refractivity contribution < 1.29 is 21.9 Å². The van der Waals surface area contributed by atoms with Gasteiger partial charge in [0.1, 0.15) is 17.5 Å². The second-order valence-electron chi connectivity index (χ2n) is 12.3. The quantitative estimate of drug-likeness (QED) is 0.301. The van der Waals surface area contributed by atoms with Gasteiger partial charge in [-0.3, -0.25) is 4.98 Å². The Morgan fingerprint density at radius 3 is 2.47 bits per heavy atom. The Hall–Kier alpha value is -3.28. The summed E-state index contributed by atoms with van der Waals surface area (Å²) in [6.07, 6.45) is 11.4. The molecule has 0 radical (unpaired) electrons. The number of ether oxygens (including phenoxy) is 1. The Labute approximate surface area is 250 Å². The predicted octanol–water partition coefficient (Wildman–Crippen LogP) is 5.33. The van der Waals surface area contributed by atoms with Crippen LogP contribution in [-0.4, -0.2) is 52.7 Å². The molecule has 2 aliphatic carbocycles. The second-order valence-corrected chi connectivity index (χ2v) is 14.5. The maximum absolute atomic E-state index is 15.5. The molecule has 11 heteroatoms. The number of benzene rings is 1. The van der Waals surface area contributed by atoms with Gasteiger partial charge in [-0.2, -0.15) is 5.10 Å². The van der Waals surface area contributed by atoms with Crippen molar-refractivity contribution >= 4 is 15.4 Å². The molecule has 3 heterocycles. The third-order valence-corrected chi connectivity index (χ3v) is 11.3. The van der Waals surface area contributed by atoms with Crippen LogP contribution in [0.1, 0.15) is 73.9 Å². The summed E-state index contributed by atoms with van der Waals surface area (Å²) in [5.41, 5.74) is 8.89. The fourth-order valence-corrected chi connectivity index (χ4v) is 9.24. The van der Waals surface area contributed by atoms with Crippen LogP contribution >= 0.6 is 0 Å². The zero-order valence-corrected chi connectivity index (χ0v) is 25.4. The summed E-state index contributed by atoms with van der Waals surface area (Å²) < 4.78 is 63.2. The van der Waals surface area contributed by atoms with Gasteiger partial charge >= 0.3 is 0 Å². The van der Waals surface area contributed by atoms with Crippen LogP contribution < -0.4 is 5.73 Å². The molecule has 4 aromatic rings. The average molecular weight is 610 g/mol. The first-order chi connectivity index (χ1) is 20.5. The van der Waals surface area contributed by atoms with Crippen LogP contribution in [-0.2, 0) is 26.6 Å². The largest absolute Gasteiger partial charge is 0.374 e. The SMILES string of the molecule is COC1(c2cc(F)c(-c3ccc4cnc(Cc5cnccc5[C@H]5C[C@@H](N)[C@H](S(C)(=O)=O)[C@@H](C)C5)n4n3)c(F)c2)CCCC1. The van der Waals surface area contributed by atoms with Gasteiger partial charge in [0.15, 0.2) is 9.84 Å². The third kappa shape index (κ3) is 5.47. The lowest BCUT2D eigenvalue weighted by molar-refractivity contribution is -0.00914. The van der Waals surface area contributed by atoms with Gasteiger partial charge in [-0.1, -0.05) is 19.8 Å². The molecule has 1 aromatic carbocycles. The van der Waals surface area contributed by atoms with E-state index in [0.717, 1.165) is 36.8 Å². The predicted molar refractivity (Wildman–Crippen MR) is 160 cm³/mol. The van der Waals surface area contributed by atoms with Crippen molar-refractivity contribution in [2.75, 3.05) is 13.4 Å². The van der Waals surface area contributed by atoms with Crippen molar-refractivity contribution in [3.05, 3.63) is 83.1 Å². The molecule has 0 saturated heterocycles. The molecule has 3 aromatic heterocycles. The number of aromatic nitrogens is 4. The molecule has 2 fully saturated rings. The van der Waals surface area contributed by atoms with Gasteiger partial charge in [0.05, 0.1) is 33.8 Å². The topological polar surface area (TPSA) is 112 Å². The molecule has 0 aliphatic heterocycles. The fraction of sp³-hybridized carbons (Fsp3) is 0.469. The first kappa shape index (κ1) is 29.8. The van der Waals surface area contributed by atoms with E-state index in [1.54, 1.807) is 42.3 Å². The minimum atomic E-state index is -3.27. The van der Waals surface area contributed by atoms with Crippen LogP contribution in [0.3, 0.4) is 0 Å². The molecule has 8 nitrogen and oxygen atoms in total. The first-order valence-electron chi connectivity index (χ1n) is 14.8. The zero-order chi connectivity index (χ0) is 30.5. The summed E-state index contributed by atoms with van der Waals surface area (Å²) in [6.45, 7) is 1.94. The number of sulfone groups is 1. The number of methoxy groups -OCH3 is 1. The van der Waals surface area contributed by atoms with Gasteiger partial charge in [-0.25, -0.2) is 26.7 Å². The zero-order valence-electron chi connectivity index (χ0n) is 24.6. The van der Waals surface area contributed by atoms with Crippen LogP contribution in [0.25, 0.3) is 16.8 Å². The van der Waals surface area contributed by atoms with Crippen molar-refractivity contribution in [3.63, 3.8) is 0 Å². The average Bonchev–Trinajstić information content (AvgIpc) is 3.60. The maximum atomic E-state index is 15.5. The van der Waals surface area contributed by atoms with E-state index in [9.17, 15) is 8.42 Å². The monoisotopic (exact) mass is 609 g/mol. The van der Waals surface area contributed by atoms with E-state index in [-0.39, 0.29) is 23.1 Å². The van der Waals surface area contributed by atoms with E-state index < -0.39 is 38.4 Å². The molecule has 0 bridgehead atoms. The van der Waals surface area contributed by atoms with E-state index in [1.807, 2.05) is 13.0 Å². The van der Waals surface area contributed by atoms with Crippen molar-refractivity contribution in [3.8, 4) is 11.3 Å². The number of pyridine rings is 1. The van der Waals surface area contributed by atoms with Gasteiger partial charge in [0.25, 0.3) is 0 Å². The highest BCUT2D eigenvalue weighted by Crippen LogP contribution is 2.43. The molecule has 2 N–H and O–H groups in total. The van der Waals surface area contributed by atoms with E-state index >= 15 is 8.78 Å². The molecular formula is C32H37F2N5O3S. The van der Waals surface area contributed by atoms with Crippen LogP contribution in [0.4, 0.5) is 8.78 Å². The molecule has 0 spiro atoms. The van der Waals surface area contributed by atoms with Crippen LogP contribution in [0.2, 0.25) is 0 Å². The minimum Gasteiger partial charge on any atom is -0.374 e. The van der Waals surface area contributed by atoms with E-state index in [4.69, 9.17) is 10.5 Å². The maximum Gasteiger partial charge on any atom is 0.152 e. The summed E-state index contributed by atoms with van der Waals surface area (Å²) in [5.74, 6) is -0.805. The smallest absolute Gasteiger partial charge is 0.152 e. The summed E-state index contributed by atoms with van der Waals surface area (Å²) in [4.78, 5) is 8.92. The molecule has 0 amide bonds. The lowest BCUT2D eigenvalue weighted by Crippen LogP contribution is -2.48. The van der Waals surface area contributed by atoms with E-state index in [2.05, 4.69) is 15.1 Å². The number of fused-ring (bicyclic) bond motifs is 1. The highest BCUT2D eigenvalue weighted by molar-refractivity contribution is 7.91. The summed E-state index contributed by atoms with van der Waals surface area (Å²) in [7, 11) is -1.68. The summed E-state index contributed by atoms with van der Waals surface area (Å²) in [5, 5.41) is 4.06. The third-order valence-electron chi connectivity index (χ3n) is 9.50. The number of nitrogens with two attached hydrogens (primary N) is 1. The Bertz CT molecular complexity index is 1730. The molecule has 228 valence electrons. The highest BCUT2D eigenvalue weighted by Gasteiger charge is 2.40. The Kier molecular flexibility index (Phi) is 7.85. The number of nitrogens with zero attached hydrogens (tertiary/aromatic N) is 4. The van der Waals surface area contributed by atoms with Gasteiger partial charge in [0, 0.05) is 38.2 Å². The van der Waals surface area contributed by atoms with Gasteiger partial charge in [-0.15, -0.1) is 0 Å². The second kappa shape index (κ2) is 11.3. The van der Waals surface area contributed by atoms with Crippen molar-refractivity contribution in [2.45, 2.75) is 74.7 Å². The van der Waals surface area contributed by atoms with Crippen molar-refractivity contribution in [1.82, 2.24) is 19.6 Å². The summed E-state index contributed by atoms with van der Waals surface area (Å²) >= 11 is 0. The molecule has 43 heavy (non-hydrogen) atoms. The van der Waals surface area contributed by atoms with Gasteiger partial charge < -0.3 is 10.5 Å². The van der Waals surface area contributed by atoms with E-state index in [0.29, 0.717) is 36.2 Å². The Morgan fingerprint density at radius 1 is 1.09 bits per heavy atom. The van der Waals surface area contributed by atoms with Crippen LogP contribution in [0, 0.1) is 17.6 Å². The van der Waals surface area contributed by atoms with Crippen LogP contribution in [0.15, 0.2) is 48.9 Å². The fourth-order valence-electron chi connectivity index (χ4n) is 7.54. The number of hydrogen-bond acceptors (Lipinski definition) is 7. The molecular weight excluding hydrogens is 572 g/mol. The molecule has 2 saturated carbocycles. The molecule has 0 unspecified atom stereocenters. The lowest BCUT2D eigenvalue weighted by Gasteiger charge is -2.38. The number of rotatable bonds is 7. The number of hydrogen-bond donors (Lipinski definition) is 1. The Balaban J connectivity index is 1.32. The van der Waals surface area contributed by atoms with Crippen molar-refractivity contribution in [2.24, 2.45) is 11.7 Å². The normalized spacial score (nSPS) is 24.0. The van der Waals surface area contributed by atoms with Gasteiger partial charge in [0.2, 0.25) is 0 Å². The van der Waals surface area contributed by atoms with E-state index in [1.165, 1.54) is 18.4 Å². The molecule has 4 atom stereocenters. The summed E-state index contributed by atoms with van der Waals surface area (Å²) in [6, 6.07) is 7.58. The van der Waals surface area contributed by atoms with Gasteiger partial charge in [-0.05, 0) is 84.5 Å². The molecule has 2 aliphatic rings. The highest BCUT2D eigenvalue weighted by atomic mass is 32.2. The minimum absolute atomic E-state index is 0.0627. The standard InChI is InChI=1S/C32H37F2N5O3S/c1-19-12-20(13-27(35)31(19)43(3,40)41)24-8-11-36-17-21(24)14-29-37-18-23-6-7-28(38-39(23)29)30-25(33)15-22(16-26(30)34)32(42-2)9-4-5-10-32/h6-8,11,15-20,27,31H,4-5,9-10,12-14,35H2,1-3H3/t19-,20+,27+,31+/m0/s1. The molecule has 6 rings (SSSR count). The van der Waals surface area contributed by atoms with Crippen LogP contribution in [0.5, 0.6) is 0 Å². The Morgan fingerprint density at radius 2 is 1.81 bits per heavy atom. The lowest BCUT2D eigenvalue weighted by atomic mass is 9.75. The number of halogens is 2. The first-order valence-corrected chi connectivity index (χ1v) is 16.7. The van der Waals surface area contributed by atoms with Crippen molar-refractivity contribution in [1.29, 1.82) is 0 Å². The number of imidazole rings is 1.